The number of nitro benzene ring substituents is 1. The molecule has 0 radical (unpaired) electrons. The van der Waals surface area contributed by atoms with Gasteiger partial charge < -0.3 is 10.8 Å². The number of rotatable bonds is 3. The minimum absolute atomic E-state index is 0.00698. The lowest BCUT2D eigenvalue weighted by Crippen LogP contribution is -1.98. The Bertz CT molecular complexity index is 440. The Balaban J connectivity index is 3.23. The highest BCUT2D eigenvalue weighted by Gasteiger charge is 2.15. The second-order valence-corrected chi connectivity index (χ2v) is 2.71. The zero-order valence-electron chi connectivity index (χ0n) is 7.58. The number of nitro groups is 1. The van der Waals surface area contributed by atoms with Crippen LogP contribution in [0.25, 0.3) is 6.08 Å². The zero-order valence-corrected chi connectivity index (χ0v) is 7.58. The van der Waals surface area contributed by atoms with E-state index in [4.69, 9.17) is 10.8 Å². The standard InChI is InChI=1S/C9H8N2O4/c10-7-3-1-2-6(4-5-8(12)13)9(7)11(14)15/h1-5H,10H2,(H,12,13). The van der Waals surface area contributed by atoms with Crippen molar-refractivity contribution in [1.29, 1.82) is 0 Å². The van der Waals surface area contributed by atoms with Gasteiger partial charge in [-0.25, -0.2) is 4.79 Å². The first-order valence-corrected chi connectivity index (χ1v) is 3.96. The fourth-order valence-electron chi connectivity index (χ4n) is 1.09. The molecule has 0 unspecified atom stereocenters. The van der Waals surface area contributed by atoms with Crippen molar-refractivity contribution in [3.05, 3.63) is 40.0 Å². The normalized spacial score (nSPS) is 10.4. The van der Waals surface area contributed by atoms with Crippen LogP contribution >= 0.6 is 0 Å². The van der Waals surface area contributed by atoms with Crippen LogP contribution in [0.5, 0.6) is 0 Å². The van der Waals surface area contributed by atoms with Crippen LogP contribution in [-0.2, 0) is 4.79 Å². The predicted octanol–water partition coefficient (Wildman–Crippen LogP) is 1.27. The minimum atomic E-state index is -1.17. The van der Waals surface area contributed by atoms with E-state index < -0.39 is 10.9 Å². The molecule has 0 aliphatic rings. The molecule has 0 aliphatic heterocycles. The van der Waals surface area contributed by atoms with Crippen LogP contribution in [0.2, 0.25) is 0 Å². The molecule has 1 aromatic rings. The maximum Gasteiger partial charge on any atom is 0.328 e. The molecule has 0 aromatic heterocycles. The number of para-hydroxylation sites is 1. The Hall–Kier alpha value is -2.37. The lowest BCUT2D eigenvalue weighted by atomic mass is 10.1. The van der Waals surface area contributed by atoms with Crippen LogP contribution in [0.1, 0.15) is 5.56 Å². The first-order chi connectivity index (χ1) is 7.02. The molecule has 78 valence electrons. The van der Waals surface area contributed by atoms with E-state index in [1.165, 1.54) is 18.2 Å². The van der Waals surface area contributed by atoms with E-state index in [1.807, 2.05) is 0 Å². The van der Waals surface area contributed by atoms with Crippen molar-refractivity contribution >= 4 is 23.4 Å². The van der Waals surface area contributed by atoms with Crippen LogP contribution in [0.15, 0.2) is 24.3 Å². The third-order valence-electron chi connectivity index (χ3n) is 1.69. The molecule has 0 saturated carbocycles. The van der Waals surface area contributed by atoms with Crippen molar-refractivity contribution in [2.75, 3.05) is 5.73 Å². The summed E-state index contributed by atoms with van der Waals surface area (Å²) in [7, 11) is 0. The molecule has 0 aliphatic carbocycles. The second kappa shape index (κ2) is 4.23. The van der Waals surface area contributed by atoms with Crippen molar-refractivity contribution < 1.29 is 14.8 Å². The number of carbonyl (C=O) groups is 1. The van der Waals surface area contributed by atoms with Gasteiger partial charge in [-0.1, -0.05) is 6.07 Å². The van der Waals surface area contributed by atoms with Crippen molar-refractivity contribution in [2.45, 2.75) is 0 Å². The highest BCUT2D eigenvalue weighted by Crippen LogP contribution is 2.26. The summed E-state index contributed by atoms with van der Waals surface area (Å²) in [5, 5.41) is 19.0. The molecule has 0 spiro atoms. The average Bonchev–Trinajstić information content (AvgIpc) is 2.13. The Morgan fingerprint density at radius 2 is 2.20 bits per heavy atom. The third kappa shape index (κ3) is 2.53. The highest BCUT2D eigenvalue weighted by molar-refractivity contribution is 5.87. The van der Waals surface area contributed by atoms with E-state index in [-0.39, 0.29) is 16.9 Å². The number of hydrogen-bond acceptors (Lipinski definition) is 4. The first-order valence-electron chi connectivity index (χ1n) is 3.96. The number of nitrogens with zero attached hydrogens (tertiary/aromatic N) is 1. The number of benzene rings is 1. The van der Waals surface area contributed by atoms with Gasteiger partial charge in [0.25, 0.3) is 5.69 Å². The van der Waals surface area contributed by atoms with Gasteiger partial charge in [0.1, 0.15) is 5.69 Å². The fourth-order valence-corrected chi connectivity index (χ4v) is 1.09. The average molecular weight is 208 g/mol. The smallest absolute Gasteiger partial charge is 0.328 e. The van der Waals surface area contributed by atoms with E-state index in [9.17, 15) is 14.9 Å². The quantitative estimate of drug-likeness (QED) is 0.336. The highest BCUT2D eigenvalue weighted by atomic mass is 16.6. The summed E-state index contributed by atoms with van der Waals surface area (Å²) in [5.41, 5.74) is 5.30. The van der Waals surface area contributed by atoms with Crippen molar-refractivity contribution in [3.8, 4) is 0 Å². The summed E-state index contributed by atoms with van der Waals surface area (Å²) in [4.78, 5) is 20.2. The molecule has 1 rings (SSSR count). The van der Waals surface area contributed by atoms with E-state index >= 15 is 0 Å². The lowest BCUT2D eigenvalue weighted by Gasteiger charge is -1.99. The minimum Gasteiger partial charge on any atom is -0.478 e. The van der Waals surface area contributed by atoms with Gasteiger partial charge in [0.2, 0.25) is 0 Å². The Labute approximate surface area is 84.8 Å². The van der Waals surface area contributed by atoms with Crippen LogP contribution in [0.3, 0.4) is 0 Å². The summed E-state index contributed by atoms with van der Waals surface area (Å²) >= 11 is 0. The number of aliphatic carboxylic acids is 1. The number of carboxylic acid groups (broad SMARTS) is 1. The van der Waals surface area contributed by atoms with Crippen molar-refractivity contribution in [2.24, 2.45) is 0 Å². The zero-order chi connectivity index (χ0) is 11.4. The molecule has 0 fully saturated rings. The molecule has 0 amide bonds. The number of hydrogen-bond donors (Lipinski definition) is 2. The van der Waals surface area contributed by atoms with Gasteiger partial charge in [-0.15, -0.1) is 0 Å². The predicted molar refractivity (Wildman–Crippen MR) is 54.2 cm³/mol. The van der Waals surface area contributed by atoms with Crippen LogP contribution < -0.4 is 5.73 Å². The largest absolute Gasteiger partial charge is 0.478 e. The number of carboxylic acids is 1. The molecule has 15 heavy (non-hydrogen) atoms. The molecule has 0 bridgehead atoms. The molecule has 0 atom stereocenters. The van der Waals surface area contributed by atoms with Gasteiger partial charge in [0, 0.05) is 6.08 Å². The maximum absolute atomic E-state index is 10.6. The Morgan fingerprint density at radius 1 is 1.53 bits per heavy atom. The van der Waals surface area contributed by atoms with Gasteiger partial charge >= 0.3 is 5.97 Å². The fraction of sp³-hybridized carbons (Fsp3) is 0. The summed E-state index contributed by atoms with van der Waals surface area (Å²) < 4.78 is 0. The van der Waals surface area contributed by atoms with Crippen molar-refractivity contribution in [1.82, 2.24) is 0 Å². The van der Waals surface area contributed by atoms with Crippen LogP contribution in [0, 0.1) is 10.1 Å². The third-order valence-corrected chi connectivity index (χ3v) is 1.69. The maximum atomic E-state index is 10.6. The molecule has 0 heterocycles. The van der Waals surface area contributed by atoms with Gasteiger partial charge in [-0.2, -0.15) is 0 Å². The topological polar surface area (TPSA) is 106 Å². The monoisotopic (exact) mass is 208 g/mol. The van der Waals surface area contributed by atoms with Crippen molar-refractivity contribution in [3.63, 3.8) is 0 Å². The Morgan fingerprint density at radius 3 is 2.73 bits per heavy atom. The van der Waals surface area contributed by atoms with Gasteiger partial charge in [0.05, 0.1) is 10.5 Å². The lowest BCUT2D eigenvalue weighted by molar-refractivity contribution is -0.384. The number of nitrogen functional groups attached to an aromatic ring is 1. The van der Waals surface area contributed by atoms with Gasteiger partial charge in [-0.05, 0) is 18.2 Å². The SMILES string of the molecule is Nc1cccc(C=CC(=O)O)c1[N+](=O)[O-]. The number of anilines is 1. The molecule has 3 N–H and O–H groups in total. The van der Waals surface area contributed by atoms with E-state index in [2.05, 4.69) is 0 Å². The van der Waals surface area contributed by atoms with Crippen LogP contribution in [-0.4, -0.2) is 16.0 Å². The van der Waals surface area contributed by atoms with E-state index in [1.54, 1.807) is 0 Å². The molecule has 6 heteroatoms. The molecule has 1 aromatic carbocycles. The van der Waals surface area contributed by atoms with E-state index in [0.29, 0.717) is 0 Å². The van der Waals surface area contributed by atoms with Crippen LogP contribution in [0.4, 0.5) is 11.4 Å². The first kappa shape index (κ1) is 10.7. The Kier molecular flexibility index (Phi) is 3.02. The summed E-state index contributed by atoms with van der Waals surface area (Å²) in [6.07, 6.45) is 1.96. The second-order valence-electron chi connectivity index (χ2n) is 2.71. The molecule has 6 nitrogen and oxygen atoms in total. The van der Waals surface area contributed by atoms with E-state index in [0.717, 1.165) is 12.2 Å². The van der Waals surface area contributed by atoms with Gasteiger partial charge in [-0.3, -0.25) is 10.1 Å². The molecular weight excluding hydrogens is 200 g/mol. The molecule has 0 saturated heterocycles. The summed E-state index contributed by atoms with van der Waals surface area (Å²) in [6.45, 7) is 0. The summed E-state index contributed by atoms with van der Waals surface area (Å²) in [6, 6.07) is 4.33. The number of nitrogens with two attached hydrogens (primary N) is 1. The molecular formula is C9H8N2O4. The van der Waals surface area contributed by atoms with Gasteiger partial charge in [0.15, 0.2) is 0 Å². The summed E-state index contributed by atoms with van der Waals surface area (Å²) in [5.74, 6) is -1.17.